The summed E-state index contributed by atoms with van der Waals surface area (Å²) in [6, 6.07) is -0.959. The number of amides is 1. The molecule has 0 aromatic rings. The summed E-state index contributed by atoms with van der Waals surface area (Å²) < 4.78 is 30.0. The van der Waals surface area contributed by atoms with Crippen molar-refractivity contribution in [2.75, 3.05) is 0 Å². The Kier molecular flexibility index (Phi) is 6.17. The van der Waals surface area contributed by atoms with E-state index in [-0.39, 0.29) is 12.0 Å². The van der Waals surface area contributed by atoms with Crippen LogP contribution in [0.4, 0.5) is 13.6 Å². The first kappa shape index (κ1) is 17.1. The van der Waals surface area contributed by atoms with E-state index in [0.717, 1.165) is 25.7 Å². The summed E-state index contributed by atoms with van der Waals surface area (Å²) in [4.78, 5) is 11.6. The van der Waals surface area contributed by atoms with Crippen molar-refractivity contribution in [3.8, 4) is 0 Å². The molecule has 1 aliphatic rings. The van der Waals surface area contributed by atoms with E-state index in [1.165, 1.54) is 0 Å². The molecule has 0 bridgehead atoms. The highest BCUT2D eigenvalue weighted by molar-refractivity contribution is 5.68. The molecule has 0 saturated heterocycles. The zero-order valence-corrected chi connectivity index (χ0v) is 12.5. The molecule has 4 nitrogen and oxygen atoms in total. The van der Waals surface area contributed by atoms with E-state index >= 15 is 0 Å². The lowest BCUT2D eigenvalue weighted by molar-refractivity contribution is 0.0483. The quantitative estimate of drug-likeness (QED) is 0.837. The maximum atomic E-state index is 12.4. The number of carbonyl (C=O) groups excluding carboxylic acids is 1. The van der Waals surface area contributed by atoms with Gasteiger partial charge in [0.05, 0.1) is 6.04 Å². The Labute approximate surface area is 119 Å². The minimum absolute atomic E-state index is 0.0730. The molecule has 0 aliphatic heterocycles. The molecule has 1 unspecified atom stereocenters. The molecule has 0 aromatic carbocycles. The predicted octanol–water partition coefficient (Wildman–Crippen LogP) is 3.05. The summed E-state index contributed by atoms with van der Waals surface area (Å²) in [6.45, 7) is 5.44. The fraction of sp³-hybridized carbons (Fsp3) is 0.929. The Balaban J connectivity index is 2.27. The van der Waals surface area contributed by atoms with Gasteiger partial charge in [0.2, 0.25) is 0 Å². The van der Waals surface area contributed by atoms with Crippen LogP contribution in [0.5, 0.6) is 0 Å². The second-order valence-electron chi connectivity index (χ2n) is 6.60. The largest absolute Gasteiger partial charge is 0.444 e. The van der Waals surface area contributed by atoms with Crippen LogP contribution < -0.4 is 11.1 Å². The molecule has 3 N–H and O–H groups in total. The van der Waals surface area contributed by atoms with Gasteiger partial charge in [0.1, 0.15) is 5.60 Å². The standard InChI is InChI=1S/C14H26F2N2O2/c1-14(2,3)20-13(19)18-10-6-4-9(5-7-10)8-11(17)12(15)16/h9-12H,4-8,17H2,1-3H3,(H,18,19). The highest BCUT2D eigenvalue weighted by atomic mass is 19.3. The first-order valence-corrected chi connectivity index (χ1v) is 7.20. The highest BCUT2D eigenvalue weighted by Crippen LogP contribution is 2.28. The maximum Gasteiger partial charge on any atom is 0.407 e. The number of carbonyl (C=O) groups is 1. The van der Waals surface area contributed by atoms with Crippen LogP contribution in [0.15, 0.2) is 0 Å². The van der Waals surface area contributed by atoms with Crippen LogP contribution in [-0.2, 0) is 4.74 Å². The van der Waals surface area contributed by atoms with Gasteiger partial charge in [-0.05, 0) is 58.8 Å². The number of alkyl carbamates (subject to hydrolysis) is 1. The van der Waals surface area contributed by atoms with Gasteiger partial charge < -0.3 is 15.8 Å². The van der Waals surface area contributed by atoms with Crippen LogP contribution >= 0.6 is 0 Å². The van der Waals surface area contributed by atoms with Gasteiger partial charge in [-0.3, -0.25) is 0 Å². The van der Waals surface area contributed by atoms with Gasteiger partial charge in [0.15, 0.2) is 0 Å². The summed E-state index contributed by atoms with van der Waals surface area (Å²) >= 11 is 0. The van der Waals surface area contributed by atoms with E-state index in [2.05, 4.69) is 5.32 Å². The Hall–Kier alpha value is -0.910. The van der Waals surface area contributed by atoms with Gasteiger partial charge in [-0.2, -0.15) is 0 Å². The number of hydrogen-bond donors (Lipinski definition) is 2. The second-order valence-corrected chi connectivity index (χ2v) is 6.60. The highest BCUT2D eigenvalue weighted by Gasteiger charge is 2.27. The lowest BCUT2D eigenvalue weighted by Crippen LogP contribution is -2.41. The van der Waals surface area contributed by atoms with E-state index in [4.69, 9.17) is 10.5 Å². The smallest absolute Gasteiger partial charge is 0.407 e. The zero-order valence-electron chi connectivity index (χ0n) is 12.5. The normalized spacial score (nSPS) is 25.4. The number of halogens is 2. The summed E-state index contributed by atoms with van der Waals surface area (Å²) in [5.74, 6) is 0.232. The van der Waals surface area contributed by atoms with E-state index in [1.54, 1.807) is 0 Å². The van der Waals surface area contributed by atoms with E-state index in [1.807, 2.05) is 20.8 Å². The molecule has 1 aliphatic carbocycles. The summed E-state index contributed by atoms with van der Waals surface area (Å²) in [5.41, 5.74) is 4.88. The minimum atomic E-state index is -2.45. The minimum Gasteiger partial charge on any atom is -0.444 e. The van der Waals surface area contributed by atoms with Crippen molar-refractivity contribution in [2.45, 2.75) is 77.0 Å². The number of alkyl halides is 2. The zero-order chi connectivity index (χ0) is 15.3. The molecule has 0 radical (unpaired) electrons. The molecular weight excluding hydrogens is 266 g/mol. The SMILES string of the molecule is CC(C)(C)OC(=O)NC1CCC(CC(N)C(F)F)CC1. The number of nitrogens with one attached hydrogen (secondary N) is 1. The fourth-order valence-corrected chi connectivity index (χ4v) is 2.50. The monoisotopic (exact) mass is 292 g/mol. The third kappa shape index (κ3) is 6.50. The molecule has 1 amide bonds. The van der Waals surface area contributed by atoms with Crippen LogP contribution in [-0.4, -0.2) is 30.2 Å². The molecule has 0 spiro atoms. The second kappa shape index (κ2) is 7.20. The third-order valence-corrected chi connectivity index (χ3v) is 3.50. The number of rotatable bonds is 4. The van der Waals surface area contributed by atoms with Crippen molar-refractivity contribution in [2.24, 2.45) is 11.7 Å². The van der Waals surface area contributed by atoms with Gasteiger partial charge >= 0.3 is 6.09 Å². The molecule has 1 rings (SSSR count). The Morgan fingerprint density at radius 1 is 1.30 bits per heavy atom. The van der Waals surface area contributed by atoms with Crippen LogP contribution in [0.25, 0.3) is 0 Å². The van der Waals surface area contributed by atoms with Crippen LogP contribution in [0.3, 0.4) is 0 Å². The van der Waals surface area contributed by atoms with Gasteiger partial charge in [0, 0.05) is 6.04 Å². The molecule has 118 valence electrons. The predicted molar refractivity (Wildman–Crippen MR) is 73.7 cm³/mol. The van der Waals surface area contributed by atoms with E-state index in [9.17, 15) is 13.6 Å². The fourth-order valence-electron chi connectivity index (χ4n) is 2.50. The average molecular weight is 292 g/mol. The van der Waals surface area contributed by atoms with E-state index < -0.39 is 24.2 Å². The van der Waals surface area contributed by atoms with Crippen LogP contribution in [0, 0.1) is 5.92 Å². The number of hydrogen-bond acceptors (Lipinski definition) is 3. The number of nitrogens with two attached hydrogens (primary N) is 1. The lowest BCUT2D eigenvalue weighted by atomic mass is 9.82. The van der Waals surface area contributed by atoms with Crippen molar-refractivity contribution in [3.05, 3.63) is 0 Å². The molecule has 1 atom stereocenters. The summed E-state index contributed by atoms with van der Waals surface area (Å²) in [6.07, 6.45) is 0.719. The van der Waals surface area contributed by atoms with Gasteiger partial charge in [0.25, 0.3) is 6.43 Å². The lowest BCUT2D eigenvalue weighted by Gasteiger charge is -2.31. The molecular formula is C14H26F2N2O2. The van der Waals surface area contributed by atoms with Crippen molar-refractivity contribution >= 4 is 6.09 Å². The first-order valence-electron chi connectivity index (χ1n) is 7.20. The van der Waals surface area contributed by atoms with Crippen molar-refractivity contribution < 1.29 is 18.3 Å². The number of ether oxygens (including phenoxy) is 1. The molecule has 1 fully saturated rings. The average Bonchev–Trinajstić information content (AvgIpc) is 2.28. The third-order valence-electron chi connectivity index (χ3n) is 3.50. The molecule has 0 aromatic heterocycles. The van der Waals surface area contributed by atoms with E-state index in [0.29, 0.717) is 6.42 Å². The van der Waals surface area contributed by atoms with Crippen LogP contribution in [0.1, 0.15) is 52.9 Å². The van der Waals surface area contributed by atoms with Crippen molar-refractivity contribution in [3.63, 3.8) is 0 Å². The van der Waals surface area contributed by atoms with Gasteiger partial charge in [-0.15, -0.1) is 0 Å². The van der Waals surface area contributed by atoms with Crippen molar-refractivity contribution in [1.29, 1.82) is 0 Å². The summed E-state index contributed by atoms with van der Waals surface area (Å²) in [7, 11) is 0. The molecule has 20 heavy (non-hydrogen) atoms. The maximum absolute atomic E-state index is 12.4. The Bertz CT molecular complexity index is 311. The molecule has 1 saturated carbocycles. The van der Waals surface area contributed by atoms with Crippen molar-refractivity contribution in [1.82, 2.24) is 5.32 Å². The summed E-state index contributed by atoms with van der Waals surface area (Å²) in [5, 5.41) is 2.83. The molecule has 6 heteroatoms. The first-order chi connectivity index (χ1) is 9.17. The topological polar surface area (TPSA) is 64.3 Å². The Morgan fingerprint density at radius 2 is 1.85 bits per heavy atom. The van der Waals surface area contributed by atoms with Crippen LogP contribution in [0.2, 0.25) is 0 Å². The van der Waals surface area contributed by atoms with Gasteiger partial charge in [-0.25, -0.2) is 13.6 Å². The van der Waals surface area contributed by atoms with Gasteiger partial charge in [-0.1, -0.05) is 0 Å². The Morgan fingerprint density at radius 3 is 2.30 bits per heavy atom. The molecule has 0 heterocycles.